The van der Waals surface area contributed by atoms with Gasteiger partial charge in [0.1, 0.15) is 11.4 Å². The summed E-state index contributed by atoms with van der Waals surface area (Å²) >= 11 is 0. The summed E-state index contributed by atoms with van der Waals surface area (Å²) in [5, 5.41) is 9.01. The van der Waals surface area contributed by atoms with Crippen molar-refractivity contribution in [3.8, 4) is 5.75 Å². The molecule has 2 aliphatic heterocycles. The molecule has 4 rings (SSSR count). The van der Waals surface area contributed by atoms with Gasteiger partial charge >= 0.3 is 0 Å². The van der Waals surface area contributed by atoms with Gasteiger partial charge in [0.25, 0.3) is 5.91 Å². The number of hydrogen-bond donors (Lipinski definition) is 2. The lowest BCUT2D eigenvalue weighted by molar-refractivity contribution is -0.0289. The number of piperidine rings is 1. The molecule has 136 valence electrons. The Balaban J connectivity index is 1.48. The van der Waals surface area contributed by atoms with E-state index < -0.39 is 5.91 Å². The number of amides is 1. The minimum atomic E-state index is -0.492. The predicted molar refractivity (Wildman–Crippen MR) is 95.1 cm³/mol. The SMILES string of the molecule is O=C(NO)c1cccc2c1OC1(CC2)CCN(C2CCCCC2)CC1. The van der Waals surface area contributed by atoms with Gasteiger partial charge in [-0.1, -0.05) is 31.4 Å². The van der Waals surface area contributed by atoms with Gasteiger partial charge in [-0.2, -0.15) is 0 Å². The summed E-state index contributed by atoms with van der Waals surface area (Å²) in [7, 11) is 0. The monoisotopic (exact) mass is 344 g/mol. The molecule has 1 aliphatic carbocycles. The smallest absolute Gasteiger partial charge is 0.278 e. The minimum absolute atomic E-state index is 0.149. The van der Waals surface area contributed by atoms with Gasteiger partial charge < -0.3 is 9.64 Å². The van der Waals surface area contributed by atoms with Gasteiger partial charge in [0.2, 0.25) is 0 Å². The number of carbonyl (C=O) groups is 1. The number of hydroxylamine groups is 1. The Morgan fingerprint density at radius 2 is 1.92 bits per heavy atom. The normalized spacial score (nSPS) is 23.7. The van der Waals surface area contributed by atoms with Crippen LogP contribution >= 0.6 is 0 Å². The van der Waals surface area contributed by atoms with E-state index in [9.17, 15) is 4.79 Å². The molecule has 0 bridgehead atoms. The van der Waals surface area contributed by atoms with Gasteiger partial charge in [-0.05, 0) is 50.2 Å². The fraction of sp³-hybridized carbons (Fsp3) is 0.650. The van der Waals surface area contributed by atoms with Crippen molar-refractivity contribution in [3.05, 3.63) is 29.3 Å². The van der Waals surface area contributed by atoms with Gasteiger partial charge in [0.05, 0.1) is 5.56 Å². The number of fused-ring (bicyclic) bond motifs is 1. The first-order valence-corrected chi connectivity index (χ1v) is 9.70. The summed E-state index contributed by atoms with van der Waals surface area (Å²) in [4.78, 5) is 14.6. The van der Waals surface area contributed by atoms with E-state index in [1.807, 2.05) is 12.1 Å². The third-order valence-electron chi connectivity index (χ3n) is 6.41. The third kappa shape index (κ3) is 3.27. The Kier molecular flexibility index (Phi) is 4.69. The van der Waals surface area contributed by atoms with Crippen LogP contribution in [0.25, 0.3) is 0 Å². The second-order valence-corrected chi connectivity index (χ2v) is 7.85. The average Bonchev–Trinajstić information content (AvgIpc) is 2.68. The zero-order valence-electron chi connectivity index (χ0n) is 14.8. The first-order chi connectivity index (χ1) is 12.2. The number of aryl methyl sites for hydroxylation is 1. The molecule has 1 amide bonds. The van der Waals surface area contributed by atoms with E-state index in [2.05, 4.69) is 4.90 Å². The van der Waals surface area contributed by atoms with E-state index >= 15 is 0 Å². The fourth-order valence-electron chi connectivity index (χ4n) is 4.87. The summed E-state index contributed by atoms with van der Waals surface area (Å²) in [6.45, 7) is 2.18. The number of benzene rings is 1. The van der Waals surface area contributed by atoms with E-state index in [4.69, 9.17) is 9.94 Å². The molecule has 1 aromatic rings. The molecule has 1 spiro atoms. The van der Waals surface area contributed by atoms with E-state index in [1.54, 1.807) is 11.5 Å². The summed E-state index contributed by atoms with van der Waals surface area (Å²) < 4.78 is 6.45. The maximum absolute atomic E-state index is 12.0. The molecule has 2 N–H and O–H groups in total. The first kappa shape index (κ1) is 16.9. The Morgan fingerprint density at radius 1 is 1.16 bits per heavy atom. The highest BCUT2D eigenvalue weighted by atomic mass is 16.5. The van der Waals surface area contributed by atoms with E-state index in [0.29, 0.717) is 11.3 Å². The van der Waals surface area contributed by atoms with Crippen LogP contribution in [0, 0.1) is 0 Å². The number of carbonyl (C=O) groups excluding carboxylic acids is 1. The van der Waals surface area contributed by atoms with Crippen LogP contribution in [0.4, 0.5) is 0 Å². The Morgan fingerprint density at radius 3 is 2.64 bits per heavy atom. The predicted octanol–water partition coefficient (Wildman–Crippen LogP) is 3.30. The molecule has 5 nitrogen and oxygen atoms in total. The molecule has 25 heavy (non-hydrogen) atoms. The quantitative estimate of drug-likeness (QED) is 0.638. The standard InChI is InChI=1S/C20H28N2O3/c23-19(21-24)17-8-4-5-15-9-10-20(25-18(15)17)11-13-22(14-12-20)16-6-2-1-3-7-16/h4-5,8,16,24H,1-3,6-7,9-14H2,(H,21,23). The molecule has 2 heterocycles. The molecule has 0 atom stereocenters. The minimum Gasteiger partial charge on any atom is -0.486 e. The summed E-state index contributed by atoms with van der Waals surface area (Å²) in [6.07, 6.45) is 10.8. The largest absolute Gasteiger partial charge is 0.486 e. The van der Waals surface area contributed by atoms with Crippen molar-refractivity contribution in [1.82, 2.24) is 10.4 Å². The van der Waals surface area contributed by atoms with Gasteiger partial charge in [0.15, 0.2) is 0 Å². The van der Waals surface area contributed by atoms with Crippen molar-refractivity contribution >= 4 is 5.91 Å². The molecule has 1 saturated heterocycles. The lowest BCUT2D eigenvalue weighted by Gasteiger charge is -2.47. The van der Waals surface area contributed by atoms with Crippen molar-refractivity contribution in [2.24, 2.45) is 0 Å². The maximum atomic E-state index is 12.0. The number of nitrogens with one attached hydrogen (secondary N) is 1. The van der Waals surface area contributed by atoms with Crippen molar-refractivity contribution in [3.63, 3.8) is 0 Å². The van der Waals surface area contributed by atoms with Crippen molar-refractivity contribution in [1.29, 1.82) is 0 Å². The van der Waals surface area contributed by atoms with Gasteiger partial charge in [0, 0.05) is 19.1 Å². The Bertz CT molecular complexity index is 632. The van der Waals surface area contributed by atoms with Gasteiger partial charge in [-0.25, -0.2) is 5.48 Å². The number of para-hydroxylation sites is 1. The molecule has 2 fully saturated rings. The zero-order valence-corrected chi connectivity index (χ0v) is 14.8. The first-order valence-electron chi connectivity index (χ1n) is 9.70. The highest BCUT2D eigenvalue weighted by molar-refractivity contribution is 5.96. The average molecular weight is 344 g/mol. The van der Waals surface area contributed by atoms with Crippen LogP contribution in [0.15, 0.2) is 18.2 Å². The fourth-order valence-corrected chi connectivity index (χ4v) is 4.87. The van der Waals surface area contributed by atoms with Crippen LogP contribution in [0.5, 0.6) is 5.75 Å². The van der Waals surface area contributed by atoms with Crippen molar-refractivity contribution < 1.29 is 14.7 Å². The van der Waals surface area contributed by atoms with Gasteiger partial charge in [-0.3, -0.25) is 10.0 Å². The Labute approximate surface area is 149 Å². The van der Waals surface area contributed by atoms with Crippen LogP contribution in [0.2, 0.25) is 0 Å². The second-order valence-electron chi connectivity index (χ2n) is 7.85. The third-order valence-corrected chi connectivity index (χ3v) is 6.41. The summed E-state index contributed by atoms with van der Waals surface area (Å²) in [5.74, 6) is 0.181. The lowest BCUT2D eigenvalue weighted by atomic mass is 9.81. The molecule has 0 unspecified atom stereocenters. The molecule has 1 aromatic carbocycles. The van der Waals surface area contributed by atoms with E-state index in [0.717, 1.165) is 50.4 Å². The van der Waals surface area contributed by atoms with Crippen LogP contribution in [-0.2, 0) is 6.42 Å². The summed E-state index contributed by atoms with van der Waals surface area (Å²) in [5.41, 5.74) is 3.11. The molecule has 0 radical (unpaired) electrons. The second kappa shape index (κ2) is 6.96. The number of hydrogen-bond acceptors (Lipinski definition) is 4. The highest BCUT2D eigenvalue weighted by Crippen LogP contribution is 2.42. The molecule has 3 aliphatic rings. The molecular formula is C20H28N2O3. The van der Waals surface area contributed by atoms with E-state index in [-0.39, 0.29) is 5.60 Å². The van der Waals surface area contributed by atoms with Crippen LogP contribution < -0.4 is 10.2 Å². The molecular weight excluding hydrogens is 316 g/mol. The van der Waals surface area contributed by atoms with Crippen LogP contribution in [-0.4, -0.2) is 40.7 Å². The highest BCUT2D eigenvalue weighted by Gasteiger charge is 2.41. The zero-order chi connectivity index (χ0) is 17.3. The van der Waals surface area contributed by atoms with Crippen LogP contribution in [0.1, 0.15) is 67.3 Å². The topological polar surface area (TPSA) is 61.8 Å². The number of likely N-dealkylation sites (tertiary alicyclic amines) is 1. The van der Waals surface area contributed by atoms with Crippen LogP contribution in [0.3, 0.4) is 0 Å². The number of nitrogens with zero attached hydrogens (tertiary/aromatic N) is 1. The molecule has 1 saturated carbocycles. The molecule has 0 aromatic heterocycles. The lowest BCUT2D eigenvalue weighted by Crippen LogP contribution is -2.52. The number of rotatable bonds is 2. The van der Waals surface area contributed by atoms with Gasteiger partial charge in [-0.15, -0.1) is 0 Å². The van der Waals surface area contributed by atoms with Crippen molar-refractivity contribution in [2.75, 3.05) is 13.1 Å². The maximum Gasteiger partial charge on any atom is 0.278 e. The number of ether oxygens (including phenoxy) is 1. The molecule has 5 heteroatoms. The summed E-state index contributed by atoms with van der Waals surface area (Å²) in [6, 6.07) is 6.36. The van der Waals surface area contributed by atoms with E-state index in [1.165, 1.54) is 32.1 Å². The van der Waals surface area contributed by atoms with Crippen molar-refractivity contribution in [2.45, 2.75) is 69.4 Å². The Hall–Kier alpha value is -1.59.